The Bertz CT molecular complexity index is 442. The molecular formula is C9H6BrNO3. The van der Waals surface area contributed by atoms with E-state index in [1.807, 2.05) is 0 Å². The first-order valence-corrected chi connectivity index (χ1v) is 4.89. The van der Waals surface area contributed by atoms with E-state index in [1.165, 1.54) is 6.07 Å². The average Bonchev–Trinajstić information content (AvgIpc) is 2.49. The number of nitro benzene ring substituents is 1. The molecule has 0 radical (unpaired) electrons. The van der Waals surface area contributed by atoms with Gasteiger partial charge in [0.25, 0.3) is 5.69 Å². The standard InChI is InChI=1S/C9H6BrNO3/c10-6-2-3-7(11(13)14)5-1-4-8(12)9(5)6/h2-3H,1,4H2. The van der Waals surface area contributed by atoms with Crippen molar-refractivity contribution in [2.24, 2.45) is 0 Å². The predicted molar refractivity (Wildman–Crippen MR) is 53.4 cm³/mol. The van der Waals surface area contributed by atoms with Gasteiger partial charge in [-0.1, -0.05) is 15.9 Å². The van der Waals surface area contributed by atoms with Gasteiger partial charge in [-0.3, -0.25) is 14.9 Å². The number of ketones is 1. The van der Waals surface area contributed by atoms with Crippen LogP contribution in [0.1, 0.15) is 22.3 Å². The minimum Gasteiger partial charge on any atom is -0.294 e. The Labute approximate surface area is 88.2 Å². The van der Waals surface area contributed by atoms with Crippen LogP contribution in [0.15, 0.2) is 16.6 Å². The summed E-state index contributed by atoms with van der Waals surface area (Å²) < 4.78 is 0.653. The number of rotatable bonds is 1. The van der Waals surface area contributed by atoms with E-state index in [2.05, 4.69) is 15.9 Å². The van der Waals surface area contributed by atoms with E-state index in [0.29, 0.717) is 28.4 Å². The van der Waals surface area contributed by atoms with Gasteiger partial charge in [0.2, 0.25) is 0 Å². The molecule has 0 amide bonds. The van der Waals surface area contributed by atoms with Crippen LogP contribution in [0, 0.1) is 10.1 Å². The van der Waals surface area contributed by atoms with Gasteiger partial charge in [-0.25, -0.2) is 0 Å². The van der Waals surface area contributed by atoms with Gasteiger partial charge in [-0.15, -0.1) is 0 Å². The van der Waals surface area contributed by atoms with Crippen LogP contribution in [0.2, 0.25) is 0 Å². The van der Waals surface area contributed by atoms with Gasteiger partial charge < -0.3 is 0 Å². The minimum atomic E-state index is -0.441. The maximum Gasteiger partial charge on any atom is 0.273 e. The SMILES string of the molecule is O=C1CCc2c([N+](=O)[O-])ccc(Br)c21. The summed E-state index contributed by atoms with van der Waals surface area (Å²) in [7, 11) is 0. The van der Waals surface area contributed by atoms with Gasteiger partial charge in [0, 0.05) is 28.1 Å². The Balaban J connectivity index is 2.70. The zero-order valence-corrected chi connectivity index (χ0v) is 8.70. The van der Waals surface area contributed by atoms with Gasteiger partial charge in [-0.05, 0) is 12.5 Å². The van der Waals surface area contributed by atoms with E-state index >= 15 is 0 Å². The molecule has 5 heteroatoms. The second-order valence-electron chi connectivity index (χ2n) is 3.10. The first kappa shape index (κ1) is 9.33. The maximum atomic E-state index is 11.4. The third-order valence-electron chi connectivity index (χ3n) is 2.31. The third-order valence-corrected chi connectivity index (χ3v) is 2.98. The molecule has 0 aromatic heterocycles. The van der Waals surface area contributed by atoms with Crippen LogP contribution in [0.3, 0.4) is 0 Å². The molecular weight excluding hydrogens is 250 g/mol. The monoisotopic (exact) mass is 255 g/mol. The highest BCUT2D eigenvalue weighted by Gasteiger charge is 2.29. The highest BCUT2D eigenvalue weighted by molar-refractivity contribution is 9.10. The minimum absolute atomic E-state index is 0.0180. The van der Waals surface area contributed by atoms with Crippen molar-refractivity contribution in [1.82, 2.24) is 0 Å². The lowest BCUT2D eigenvalue weighted by atomic mass is 10.1. The number of hydrogen-bond acceptors (Lipinski definition) is 3. The Kier molecular flexibility index (Phi) is 2.11. The Morgan fingerprint density at radius 2 is 2.07 bits per heavy atom. The lowest BCUT2D eigenvalue weighted by Crippen LogP contribution is -1.97. The van der Waals surface area contributed by atoms with Crippen molar-refractivity contribution in [2.45, 2.75) is 12.8 Å². The van der Waals surface area contributed by atoms with Crippen LogP contribution >= 0.6 is 15.9 Å². The number of carbonyl (C=O) groups excluding carboxylic acids is 1. The molecule has 0 saturated heterocycles. The molecule has 0 atom stereocenters. The molecule has 1 aliphatic carbocycles. The molecule has 0 saturated carbocycles. The lowest BCUT2D eigenvalue weighted by Gasteiger charge is -2.01. The molecule has 0 N–H and O–H groups in total. The first-order valence-electron chi connectivity index (χ1n) is 4.10. The normalized spacial score (nSPS) is 14.2. The maximum absolute atomic E-state index is 11.4. The third kappa shape index (κ3) is 1.24. The number of hydrogen-bond donors (Lipinski definition) is 0. The number of fused-ring (bicyclic) bond motifs is 1. The smallest absolute Gasteiger partial charge is 0.273 e. The summed E-state index contributed by atoms with van der Waals surface area (Å²) in [6, 6.07) is 2.99. The van der Waals surface area contributed by atoms with Crippen molar-refractivity contribution in [3.05, 3.63) is 37.8 Å². The Morgan fingerprint density at radius 1 is 1.36 bits per heavy atom. The van der Waals surface area contributed by atoms with E-state index in [-0.39, 0.29) is 11.5 Å². The summed E-state index contributed by atoms with van der Waals surface area (Å²) in [6.07, 6.45) is 0.850. The van der Waals surface area contributed by atoms with E-state index in [4.69, 9.17) is 0 Å². The van der Waals surface area contributed by atoms with Crippen LogP contribution in [-0.4, -0.2) is 10.7 Å². The average molecular weight is 256 g/mol. The summed E-state index contributed by atoms with van der Waals surface area (Å²) in [6.45, 7) is 0. The molecule has 1 aromatic carbocycles. The highest BCUT2D eigenvalue weighted by Crippen LogP contribution is 2.35. The second kappa shape index (κ2) is 3.16. The number of nitro groups is 1. The van der Waals surface area contributed by atoms with Gasteiger partial charge in [-0.2, -0.15) is 0 Å². The molecule has 0 unspecified atom stereocenters. The summed E-state index contributed by atoms with van der Waals surface area (Å²) in [5.41, 5.74) is 1.10. The molecule has 0 spiro atoms. The summed E-state index contributed by atoms with van der Waals surface area (Å²) in [5, 5.41) is 10.7. The van der Waals surface area contributed by atoms with Gasteiger partial charge in [0.1, 0.15) is 0 Å². The summed E-state index contributed by atoms with van der Waals surface area (Å²) in [5.74, 6) is -0.0180. The van der Waals surface area contributed by atoms with Crippen molar-refractivity contribution < 1.29 is 9.72 Å². The van der Waals surface area contributed by atoms with E-state index in [0.717, 1.165) is 0 Å². The Morgan fingerprint density at radius 3 is 2.71 bits per heavy atom. The number of carbonyl (C=O) groups is 1. The molecule has 2 rings (SSSR count). The number of Topliss-reactive ketones (excluding diaryl/α,β-unsaturated/α-hetero) is 1. The van der Waals surface area contributed by atoms with Crippen molar-refractivity contribution in [1.29, 1.82) is 0 Å². The molecule has 1 aliphatic rings. The number of nitrogens with zero attached hydrogens (tertiary/aromatic N) is 1. The molecule has 0 heterocycles. The number of halogens is 1. The molecule has 0 fully saturated rings. The molecule has 14 heavy (non-hydrogen) atoms. The molecule has 1 aromatic rings. The van der Waals surface area contributed by atoms with Crippen molar-refractivity contribution in [2.75, 3.05) is 0 Å². The van der Waals surface area contributed by atoms with Gasteiger partial charge in [0.05, 0.1) is 4.92 Å². The fourth-order valence-electron chi connectivity index (χ4n) is 1.70. The topological polar surface area (TPSA) is 60.2 Å². The van der Waals surface area contributed by atoms with Gasteiger partial charge >= 0.3 is 0 Å². The van der Waals surface area contributed by atoms with E-state index < -0.39 is 4.92 Å². The summed E-state index contributed by atoms with van der Waals surface area (Å²) >= 11 is 3.23. The van der Waals surface area contributed by atoms with Crippen LogP contribution in [0.25, 0.3) is 0 Å². The number of benzene rings is 1. The van der Waals surface area contributed by atoms with Crippen molar-refractivity contribution >= 4 is 27.4 Å². The molecule has 4 nitrogen and oxygen atoms in total. The highest BCUT2D eigenvalue weighted by atomic mass is 79.9. The fourth-order valence-corrected chi connectivity index (χ4v) is 2.29. The van der Waals surface area contributed by atoms with E-state index in [9.17, 15) is 14.9 Å². The fraction of sp³-hybridized carbons (Fsp3) is 0.222. The second-order valence-corrected chi connectivity index (χ2v) is 3.95. The molecule has 72 valence electrons. The predicted octanol–water partition coefficient (Wildman–Crippen LogP) is 2.49. The van der Waals surface area contributed by atoms with Crippen molar-refractivity contribution in [3.63, 3.8) is 0 Å². The summed E-state index contributed by atoms with van der Waals surface area (Å²) in [4.78, 5) is 21.6. The van der Waals surface area contributed by atoms with Gasteiger partial charge in [0.15, 0.2) is 5.78 Å². The van der Waals surface area contributed by atoms with E-state index in [1.54, 1.807) is 6.07 Å². The lowest BCUT2D eigenvalue weighted by molar-refractivity contribution is -0.385. The largest absolute Gasteiger partial charge is 0.294 e. The van der Waals surface area contributed by atoms with Crippen molar-refractivity contribution in [3.8, 4) is 0 Å². The van der Waals surface area contributed by atoms with Crippen LogP contribution in [0.4, 0.5) is 5.69 Å². The zero-order valence-electron chi connectivity index (χ0n) is 7.12. The van der Waals surface area contributed by atoms with Crippen LogP contribution < -0.4 is 0 Å². The quantitative estimate of drug-likeness (QED) is 0.572. The Hall–Kier alpha value is -1.23. The van der Waals surface area contributed by atoms with Crippen LogP contribution in [0.5, 0.6) is 0 Å². The van der Waals surface area contributed by atoms with Crippen LogP contribution in [-0.2, 0) is 6.42 Å². The molecule has 0 aliphatic heterocycles. The zero-order chi connectivity index (χ0) is 10.3. The first-order chi connectivity index (χ1) is 6.61. The molecule has 0 bridgehead atoms.